The largest absolute Gasteiger partial charge is 0.476 e. The zero-order valence-corrected chi connectivity index (χ0v) is 8.42. The highest BCUT2D eigenvalue weighted by atomic mass is 16.4. The first kappa shape index (κ1) is 11.9. The van der Waals surface area contributed by atoms with Gasteiger partial charge in [-0.2, -0.15) is 0 Å². The summed E-state index contributed by atoms with van der Waals surface area (Å²) in [5.74, 6) is 1.64. The Balaban J connectivity index is 2.68. The topological polar surface area (TPSA) is 95.3 Å². The molecule has 1 unspecified atom stereocenters. The van der Waals surface area contributed by atoms with Crippen LogP contribution in [0.1, 0.15) is 16.9 Å². The van der Waals surface area contributed by atoms with Crippen LogP contribution in [0.5, 0.6) is 0 Å². The average Bonchev–Trinajstić information content (AvgIpc) is 2.29. The predicted molar refractivity (Wildman–Crippen MR) is 56.9 cm³/mol. The van der Waals surface area contributed by atoms with E-state index in [-0.39, 0.29) is 18.3 Å². The molecule has 1 atom stereocenters. The van der Waals surface area contributed by atoms with E-state index in [2.05, 4.69) is 21.2 Å². The number of carboxylic acids is 1. The molecule has 1 aromatic rings. The molecule has 0 aliphatic rings. The van der Waals surface area contributed by atoms with Crippen molar-refractivity contribution in [2.45, 2.75) is 12.5 Å². The van der Waals surface area contributed by atoms with Gasteiger partial charge in [0.25, 0.3) is 0 Å². The summed E-state index contributed by atoms with van der Waals surface area (Å²) in [4.78, 5) is 18.0. The molecule has 0 saturated heterocycles. The lowest BCUT2D eigenvalue weighted by molar-refractivity contribution is 0.0690. The third kappa shape index (κ3) is 3.22. The van der Waals surface area contributed by atoms with Crippen molar-refractivity contribution in [3.8, 4) is 12.3 Å². The van der Waals surface area contributed by atoms with Gasteiger partial charge >= 0.3 is 5.97 Å². The molecule has 0 amide bonds. The molecule has 6 nitrogen and oxygen atoms in total. The third-order valence-corrected chi connectivity index (χ3v) is 1.81. The van der Waals surface area contributed by atoms with E-state index >= 15 is 0 Å². The highest BCUT2D eigenvalue weighted by Crippen LogP contribution is 2.04. The van der Waals surface area contributed by atoms with Gasteiger partial charge in [0.1, 0.15) is 5.82 Å². The Bertz CT molecular complexity index is 397. The van der Waals surface area contributed by atoms with Gasteiger partial charge in [0.15, 0.2) is 5.69 Å². The number of carbonyl (C=O) groups is 1. The number of terminal acetylenes is 1. The average molecular weight is 221 g/mol. The van der Waals surface area contributed by atoms with Gasteiger partial charge in [-0.15, -0.1) is 12.3 Å². The van der Waals surface area contributed by atoms with Crippen LogP contribution in [-0.4, -0.2) is 38.8 Å². The van der Waals surface area contributed by atoms with Gasteiger partial charge < -0.3 is 15.5 Å². The standard InChI is InChI=1S/C10H11N3O3/c1-2-3-7(6-14)13-9-5-11-8(4-12-9)10(15)16/h1,4-5,7,14H,3,6H2,(H,12,13)(H,15,16). The second kappa shape index (κ2) is 5.68. The van der Waals surface area contributed by atoms with E-state index in [1.54, 1.807) is 0 Å². The molecule has 84 valence electrons. The number of aromatic carboxylic acids is 1. The van der Waals surface area contributed by atoms with Crippen LogP contribution in [0.3, 0.4) is 0 Å². The van der Waals surface area contributed by atoms with Gasteiger partial charge in [-0.25, -0.2) is 14.8 Å². The van der Waals surface area contributed by atoms with Crippen LogP contribution in [0.2, 0.25) is 0 Å². The number of carboxylic acid groups (broad SMARTS) is 1. The van der Waals surface area contributed by atoms with E-state index in [9.17, 15) is 4.79 Å². The molecule has 1 heterocycles. The number of rotatable bonds is 5. The molecule has 0 spiro atoms. The van der Waals surface area contributed by atoms with Crippen LogP contribution >= 0.6 is 0 Å². The van der Waals surface area contributed by atoms with E-state index < -0.39 is 5.97 Å². The van der Waals surface area contributed by atoms with Crippen molar-refractivity contribution in [3.63, 3.8) is 0 Å². The predicted octanol–water partition coefficient (Wildman–Crippen LogP) is -0.0291. The molecule has 0 saturated carbocycles. The van der Waals surface area contributed by atoms with Gasteiger partial charge in [-0.1, -0.05) is 0 Å². The molecule has 0 fully saturated rings. The van der Waals surface area contributed by atoms with E-state index in [1.807, 2.05) is 0 Å². The zero-order chi connectivity index (χ0) is 12.0. The van der Waals surface area contributed by atoms with Crippen molar-refractivity contribution in [1.82, 2.24) is 9.97 Å². The van der Waals surface area contributed by atoms with Crippen LogP contribution < -0.4 is 5.32 Å². The molecule has 1 rings (SSSR count). The van der Waals surface area contributed by atoms with Crippen LogP contribution in [0.4, 0.5) is 5.82 Å². The summed E-state index contributed by atoms with van der Waals surface area (Å²) in [7, 11) is 0. The maximum Gasteiger partial charge on any atom is 0.356 e. The van der Waals surface area contributed by atoms with Crippen molar-refractivity contribution in [2.24, 2.45) is 0 Å². The number of anilines is 1. The Kier molecular flexibility index (Phi) is 4.24. The number of aromatic nitrogens is 2. The number of hydrogen-bond acceptors (Lipinski definition) is 5. The summed E-state index contributed by atoms with van der Waals surface area (Å²) in [6, 6.07) is -0.310. The molecular weight excluding hydrogens is 210 g/mol. The SMILES string of the molecule is C#CCC(CO)Nc1cnc(C(=O)O)cn1. The molecule has 3 N–H and O–H groups in total. The Hall–Kier alpha value is -2.13. The highest BCUT2D eigenvalue weighted by molar-refractivity contribution is 5.84. The maximum absolute atomic E-state index is 10.5. The molecule has 0 aliphatic carbocycles. The first-order valence-corrected chi connectivity index (χ1v) is 4.53. The lowest BCUT2D eigenvalue weighted by Gasteiger charge is -2.13. The zero-order valence-electron chi connectivity index (χ0n) is 8.42. The van der Waals surface area contributed by atoms with Gasteiger partial charge in [-0.05, 0) is 0 Å². The minimum Gasteiger partial charge on any atom is -0.476 e. The number of aliphatic hydroxyl groups is 1. The fourth-order valence-corrected chi connectivity index (χ4v) is 1.03. The molecule has 1 aromatic heterocycles. The maximum atomic E-state index is 10.5. The number of hydrogen-bond donors (Lipinski definition) is 3. The van der Waals surface area contributed by atoms with E-state index in [0.717, 1.165) is 6.20 Å². The lowest BCUT2D eigenvalue weighted by atomic mass is 10.2. The van der Waals surface area contributed by atoms with Crippen LogP contribution in [0.25, 0.3) is 0 Å². The minimum absolute atomic E-state index is 0.132. The highest BCUT2D eigenvalue weighted by Gasteiger charge is 2.08. The minimum atomic E-state index is -1.14. The molecule has 0 radical (unpaired) electrons. The third-order valence-electron chi connectivity index (χ3n) is 1.81. The Morgan fingerprint density at radius 2 is 2.31 bits per heavy atom. The van der Waals surface area contributed by atoms with Crippen LogP contribution in [0, 0.1) is 12.3 Å². The first-order valence-electron chi connectivity index (χ1n) is 4.53. The second-order valence-electron chi connectivity index (χ2n) is 3.02. The summed E-state index contributed by atoms with van der Waals surface area (Å²) < 4.78 is 0. The van der Waals surface area contributed by atoms with E-state index in [0.29, 0.717) is 12.2 Å². The number of nitrogens with one attached hydrogen (secondary N) is 1. The fourth-order valence-electron chi connectivity index (χ4n) is 1.03. The van der Waals surface area contributed by atoms with Crippen LogP contribution in [0.15, 0.2) is 12.4 Å². The summed E-state index contributed by atoms with van der Waals surface area (Å²) >= 11 is 0. The Morgan fingerprint density at radius 3 is 2.75 bits per heavy atom. The van der Waals surface area contributed by atoms with Gasteiger partial charge in [0.05, 0.1) is 25.0 Å². The van der Waals surface area contributed by atoms with E-state index in [1.165, 1.54) is 6.20 Å². The summed E-state index contributed by atoms with van der Waals surface area (Å²) in [6.07, 6.45) is 7.87. The molecule has 0 bridgehead atoms. The second-order valence-corrected chi connectivity index (χ2v) is 3.02. The monoisotopic (exact) mass is 221 g/mol. The van der Waals surface area contributed by atoms with Gasteiger partial charge in [0.2, 0.25) is 0 Å². The molecular formula is C10H11N3O3. The molecule has 0 aromatic carbocycles. The summed E-state index contributed by atoms with van der Waals surface area (Å²) in [5.41, 5.74) is -0.136. The van der Waals surface area contributed by atoms with Crippen molar-refractivity contribution in [1.29, 1.82) is 0 Å². The van der Waals surface area contributed by atoms with Gasteiger partial charge in [-0.3, -0.25) is 0 Å². The summed E-state index contributed by atoms with van der Waals surface area (Å²) in [6.45, 7) is -0.132. The fraction of sp³-hybridized carbons (Fsp3) is 0.300. The van der Waals surface area contributed by atoms with Crippen molar-refractivity contribution >= 4 is 11.8 Å². The van der Waals surface area contributed by atoms with Gasteiger partial charge in [0, 0.05) is 6.42 Å². The number of nitrogens with zero attached hydrogens (tertiary/aromatic N) is 2. The molecule has 6 heteroatoms. The first-order chi connectivity index (χ1) is 7.67. The van der Waals surface area contributed by atoms with Crippen molar-refractivity contribution in [3.05, 3.63) is 18.1 Å². The smallest absolute Gasteiger partial charge is 0.356 e. The van der Waals surface area contributed by atoms with Crippen LogP contribution in [-0.2, 0) is 0 Å². The molecule has 0 aliphatic heterocycles. The van der Waals surface area contributed by atoms with E-state index in [4.69, 9.17) is 16.6 Å². The Morgan fingerprint density at radius 1 is 1.56 bits per heavy atom. The van der Waals surface area contributed by atoms with Crippen molar-refractivity contribution < 1.29 is 15.0 Å². The summed E-state index contributed by atoms with van der Waals surface area (Å²) in [5, 5.41) is 20.4. The Labute approximate surface area is 92.4 Å². The quantitative estimate of drug-likeness (QED) is 0.604. The lowest BCUT2D eigenvalue weighted by Crippen LogP contribution is -2.23. The number of aliphatic hydroxyl groups excluding tert-OH is 1. The normalized spacial score (nSPS) is 11.5. The van der Waals surface area contributed by atoms with Crippen molar-refractivity contribution in [2.75, 3.05) is 11.9 Å². The molecule has 16 heavy (non-hydrogen) atoms.